The van der Waals surface area contributed by atoms with E-state index in [0.29, 0.717) is 0 Å². The highest BCUT2D eigenvalue weighted by Gasteiger charge is 2.47. The van der Waals surface area contributed by atoms with Crippen molar-refractivity contribution in [1.82, 2.24) is 0 Å². The van der Waals surface area contributed by atoms with Gasteiger partial charge in [0.25, 0.3) is 0 Å². The molecule has 0 radical (unpaired) electrons. The first-order valence-corrected chi connectivity index (χ1v) is 15.5. The molecule has 0 aliphatic carbocycles. The molecule has 0 N–H and O–H groups in total. The normalized spacial score (nSPS) is 13.5. The monoisotopic (exact) mass is 576 g/mol. The van der Waals surface area contributed by atoms with E-state index in [1.165, 1.54) is 55.5 Å². The molecule has 1 atom stereocenters. The van der Waals surface area contributed by atoms with Crippen molar-refractivity contribution in [1.29, 1.82) is 0 Å². The second kappa shape index (κ2) is 10.2. The summed E-state index contributed by atoms with van der Waals surface area (Å²) in [5.41, 5.74) is 10.0. The Morgan fingerprint density at radius 2 is 1.27 bits per heavy atom. The second-order valence-electron chi connectivity index (χ2n) is 13.0. The lowest BCUT2D eigenvalue weighted by Crippen LogP contribution is -2.53. The van der Waals surface area contributed by atoms with Crippen molar-refractivity contribution in [3.05, 3.63) is 155 Å². The Balaban J connectivity index is 1.55. The topological polar surface area (TPSA) is 20.9 Å². The number of pyridine rings is 2. The third-order valence-electron chi connectivity index (χ3n) is 10.0. The molecule has 0 spiro atoms. The zero-order valence-corrected chi connectivity index (χ0v) is 26.8. The summed E-state index contributed by atoms with van der Waals surface area (Å²) < 4.78 is 11.2. The SMILES string of the molecule is Cc1ccccc1C(C)(C)c1cccc(C(C)(c2cc3c(cc2C)oc2ccc4ccccc4c23)c2cccc[n+]2C)[n+]1C. The third kappa shape index (κ3) is 4.10. The number of furan rings is 1. The maximum absolute atomic E-state index is 6.48. The molecule has 3 heteroatoms. The average molecular weight is 577 g/mol. The minimum Gasteiger partial charge on any atom is -0.456 e. The molecule has 1 unspecified atom stereocenters. The number of rotatable bonds is 5. The van der Waals surface area contributed by atoms with Gasteiger partial charge in [0.1, 0.15) is 25.3 Å². The molecule has 0 fully saturated rings. The largest absolute Gasteiger partial charge is 0.456 e. The molecular weight excluding hydrogens is 536 g/mol. The number of aromatic nitrogens is 2. The van der Waals surface area contributed by atoms with Crippen LogP contribution in [0.25, 0.3) is 32.7 Å². The molecule has 0 aliphatic heterocycles. The van der Waals surface area contributed by atoms with Crippen LogP contribution < -0.4 is 9.13 Å². The van der Waals surface area contributed by atoms with E-state index in [-0.39, 0.29) is 5.41 Å². The van der Waals surface area contributed by atoms with Crippen molar-refractivity contribution in [3.63, 3.8) is 0 Å². The van der Waals surface area contributed by atoms with Crippen LogP contribution in [0.5, 0.6) is 0 Å². The van der Waals surface area contributed by atoms with Gasteiger partial charge in [0.15, 0.2) is 17.3 Å². The van der Waals surface area contributed by atoms with E-state index in [2.05, 4.69) is 173 Å². The van der Waals surface area contributed by atoms with Crippen molar-refractivity contribution in [2.24, 2.45) is 14.1 Å². The lowest BCUT2D eigenvalue weighted by atomic mass is 9.72. The van der Waals surface area contributed by atoms with Gasteiger partial charge in [0.2, 0.25) is 11.4 Å². The smallest absolute Gasteiger partial charge is 0.202 e. The molecule has 7 aromatic rings. The van der Waals surface area contributed by atoms with Crippen LogP contribution in [0.1, 0.15) is 60.1 Å². The summed E-state index contributed by atoms with van der Waals surface area (Å²) in [5.74, 6) is 0. The highest BCUT2D eigenvalue weighted by molar-refractivity contribution is 6.19. The quantitative estimate of drug-likeness (QED) is 0.188. The first-order chi connectivity index (χ1) is 21.1. The van der Waals surface area contributed by atoms with E-state index >= 15 is 0 Å². The van der Waals surface area contributed by atoms with Gasteiger partial charge < -0.3 is 4.42 Å². The number of benzene rings is 4. The van der Waals surface area contributed by atoms with Crippen LogP contribution in [0.3, 0.4) is 0 Å². The number of hydrogen-bond donors (Lipinski definition) is 0. The summed E-state index contributed by atoms with van der Waals surface area (Å²) in [7, 11) is 4.39. The van der Waals surface area contributed by atoms with Crippen LogP contribution in [0.4, 0.5) is 0 Å². The first kappa shape index (κ1) is 28.0. The standard InChI is InChI=1S/C41H40N2O/c1-27-15-8-11-18-32(27)40(3,4)36-20-14-21-38(43(36)7)41(5,37-19-12-13-24-42(37)6)33-26-31-35(25-28(33)2)44-34-23-22-29-16-9-10-17-30(29)39(31)34/h8-26H,1-7H3/q+2. The van der Waals surface area contributed by atoms with Crippen LogP contribution in [-0.2, 0) is 24.9 Å². The van der Waals surface area contributed by atoms with E-state index in [4.69, 9.17) is 4.42 Å². The maximum atomic E-state index is 6.48. The number of nitrogens with zero attached hydrogens (tertiary/aromatic N) is 2. The Morgan fingerprint density at radius 1 is 0.568 bits per heavy atom. The summed E-state index contributed by atoms with van der Waals surface area (Å²) in [5, 5.41) is 4.77. The first-order valence-electron chi connectivity index (χ1n) is 15.5. The summed E-state index contributed by atoms with van der Waals surface area (Å²) >= 11 is 0. The fraction of sp³-hybridized carbons (Fsp3) is 0.220. The predicted octanol–water partition coefficient (Wildman–Crippen LogP) is 8.69. The van der Waals surface area contributed by atoms with Crippen LogP contribution in [0.15, 0.2) is 120 Å². The van der Waals surface area contributed by atoms with Crippen molar-refractivity contribution in [2.75, 3.05) is 0 Å². The van der Waals surface area contributed by atoms with Gasteiger partial charge in [0.05, 0.1) is 5.41 Å². The van der Waals surface area contributed by atoms with Crippen LogP contribution in [0.2, 0.25) is 0 Å². The van der Waals surface area contributed by atoms with Gasteiger partial charge in [0, 0.05) is 35.0 Å². The molecule has 44 heavy (non-hydrogen) atoms. The lowest BCUT2D eigenvalue weighted by molar-refractivity contribution is -0.702. The average Bonchev–Trinajstić information content (AvgIpc) is 3.38. The molecule has 4 aromatic carbocycles. The van der Waals surface area contributed by atoms with E-state index in [1.807, 2.05) is 0 Å². The minimum atomic E-state index is -0.477. The van der Waals surface area contributed by atoms with Crippen LogP contribution >= 0.6 is 0 Å². The van der Waals surface area contributed by atoms with Gasteiger partial charge in [-0.25, -0.2) is 9.13 Å². The van der Waals surface area contributed by atoms with Crippen LogP contribution in [0, 0.1) is 13.8 Å². The molecule has 0 aliphatic rings. The van der Waals surface area contributed by atoms with E-state index < -0.39 is 5.41 Å². The summed E-state index contributed by atoms with van der Waals surface area (Å²) in [6, 6.07) is 39.6. The van der Waals surface area contributed by atoms with Crippen LogP contribution in [-0.4, -0.2) is 0 Å². The molecule has 3 nitrogen and oxygen atoms in total. The van der Waals surface area contributed by atoms with Gasteiger partial charge in [-0.05, 0) is 91.9 Å². The second-order valence-corrected chi connectivity index (χ2v) is 13.0. The molecule has 0 amide bonds. The summed E-state index contributed by atoms with van der Waals surface area (Å²) in [4.78, 5) is 0. The molecule has 3 heterocycles. The maximum Gasteiger partial charge on any atom is 0.202 e. The summed E-state index contributed by atoms with van der Waals surface area (Å²) in [6.07, 6.45) is 2.16. The van der Waals surface area contributed by atoms with Gasteiger partial charge in [-0.3, -0.25) is 0 Å². The van der Waals surface area contributed by atoms with E-state index in [1.54, 1.807) is 0 Å². The fourth-order valence-electron chi connectivity index (χ4n) is 7.81. The van der Waals surface area contributed by atoms with Gasteiger partial charge in [-0.2, -0.15) is 0 Å². The Kier molecular flexibility index (Phi) is 6.48. The minimum absolute atomic E-state index is 0.200. The predicted molar refractivity (Wildman–Crippen MR) is 180 cm³/mol. The Bertz CT molecular complexity index is 2220. The number of fused-ring (bicyclic) bond motifs is 5. The molecule has 0 saturated carbocycles. The van der Waals surface area contributed by atoms with Gasteiger partial charge >= 0.3 is 0 Å². The zero-order chi connectivity index (χ0) is 30.8. The number of hydrogen-bond acceptors (Lipinski definition) is 1. The Labute approximate surface area is 260 Å². The van der Waals surface area contributed by atoms with Gasteiger partial charge in [-0.15, -0.1) is 0 Å². The van der Waals surface area contributed by atoms with E-state index in [9.17, 15) is 0 Å². The van der Waals surface area contributed by atoms with Crippen molar-refractivity contribution >= 4 is 32.7 Å². The molecule has 3 aromatic heterocycles. The van der Waals surface area contributed by atoms with E-state index in [0.717, 1.165) is 16.6 Å². The zero-order valence-electron chi connectivity index (χ0n) is 26.8. The Morgan fingerprint density at radius 3 is 2.07 bits per heavy atom. The summed E-state index contributed by atoms with van der Waals surface area (Å²) in [6.45, 7) is 11.5. The lowest BCUT2D eigenvalue weighted by Gasteiger charge is -2.30. The van der Waals surface area contributed by atoms with Crippen molar-refractivity contribution in [3.8, 4) is 0 Å². The van der Waals surface area contributed by atoms with Gasteiger partial charge in [-0.1, -0.05) is 60.7 Å². The molecule has 7 rings (SSSR count). The molecule has 0 bridgehead atoms. The van der Waals surface area contributed by atoms with Crippen molar-refractivity contribution in [2.45, 2.75) is 45.4 Å². The Hall–Kier alpha value is -4.76. The fourth-order valence-corrected chi connectivity index (χ4v) is 7.81. The molecule has 0 saturated heterocycles. The highest BCUT2D eigenvalue weighted by atomic mass is 16.3. The molecule has 218 valence electrons. The third-order valence-corrected chi connectivity index (χ3v) is 10.0. The molecular formula is C41H40N2O+2. The highest BCUT2D eigenvalue weighted by Crippen LogP contribution is 2.43. The number of aryl methyl sites for hydroxylation is 3. The van der Waals surface area contributed by atoms with Crippen molar-refractivity contribution < 1.29 is 13.6 Å².